The Labute approximate surface area is 152 Å². The van der Waals surface area contributed by atoms with Gasteiger partial charge < -0.3 is 9.26 Å². The zero-order valence-electron chi connectivity index (χ0n) is 14.1. The van der Waals surface area contributed by atoms with Crippen molar-refractivity contribution in [2.75, 3.05) is 6.61 Å². The van der Waals surface area contributed by atoms with Crippen molar-refractivity contribution in [1.29, 1.82) is 0 Å². The lowest BCUT2D eigenvalue weighted by Crippen LogP contribution is -1.98. The fourth-order valence-corrected chi connectivity index (χ4v) is 3.24. The van der Waals surface area contributed by atoms with E-state index in [0.29, 0.717) is 0 Å². The van der Waals surface area contributed by atoms with Gasteiger partial charge in [0.1, 0.15) is 11.5 Å². The van der Waals surface area contributed by atoms with E-state index in [-0.39, 0.29) is 0 Å². The minimum atomic E-state index is 0.799. The lowest BCUT2D eigenvalue weighted by molar-refractivity contribution is 0.304. The molecule has 0 aliphatic heterocycles. The molecule has 0 bridgehead atoms. The van der Waals surface area contributed by atoms with Crippen molar-refractivity contribution in [3.8, 4) is 5.75 Å². The average molecular weight is 427 g/mol. The summed E-state index contributed by atoms with van der Waals surface area (Å²) in [6, 6.07) is 8.21. The zero-order valence-corrected chi connectivity index (χ0v) is 16.3. The molecule has 0 N–H and O–H groups in total. The number of aryl methyl sites for hydroxylation is 2. The summed E-state index contributed by atoms with van der Waals surface area (Å²) in [5, 5.41) is 4.18. The summed E-state index contributed by atoms with van der Waals surface area (Å²) in [5.74, 6) is 2.05. The largest absolute Gasteiger partial charge is 0.494 e. The van der Waals surface area contributed by atoms with Gasteiger partial charge in [0.05, 0.1) is 12.3 Å². The Kier molecular flexibility index (Phi) is 7.92. The normalized spacial score (nSPS) is 10.9. The van der Waals surface area contributed by atoms with Crippen LogP contribution in [0.5, 0.6) is 5.75 Å². The molecule has 0 atom stereocenters. The van der Waals surface area contributed by atoms with Crippen LogP contribution in [0.2, 0.25) is 0 Å². The van der Waals surface area contributed by atoms with Crippen LogP contribution >= 0.6 is 22.6 Å². The van der Waals surface area contributed by atoms with E-state index in [9.17, 15) is 0 Å². The highest BCUT2D eigenvalue weighted by Gasteiger charge is 2.12. The predicted octanol–water partition coefficient (Wildman–Crippen LogP) is 5.59. The fraction of sp³-hybridized carbons (Fsp3) is 0.526. The minimum Gasteiger partial charge on any atom is -0.494 e. The van der Waals surface area contributed by atoms with Gasteiger partial charge in [-0.2, -0.15) is 0 Å². The Morgan fingerprint density at radius 1 is 1.09 bits per heavy atom. The van der Waals surface area contributed by atoms with Gasteiger partial charge >= 0.3 is 0 Å². The Bertz CT molecular complexity index is 573. The van der Waals surface area contributed by atoms with Crippen LogP contribution in [0.3, 0.4) is 0 Å². The summed E-state index contributed by atoms with van der Waals surface area (Å²) in [7, 11) is 0. The van der Waals surface area contributed by atoms with E-state index in [1.54, 1.807) is 0 Å². The molecule has 0 aliphatic rings. The predicted molar refractivity (Wildman–Crippen MR) is 102 cm³/mol. The number of halogens is 1. The highest BCUT2D eigenvalue weighted by molar-refractivity contribution is 14.1. The summed E-state index contributed by atoms with van der Waals surface area (Å²) in [5.41, 5.74) is 2.49. The monoisotopic (exact) mass is 427 g/mol. The maximum absolute atomic E-state index is 5.78. The molecule has 0 fully saturated rings. The second kappa shape index (κ2) is 9.96. The van der Waals surface area contributed by atoms with Crippen LogP contribution in [-0.2, 0) is 19.3 Å². The smallest absolute Gasteiger partial charge is 0.139 e. The zero-order chi connectivity index (χ0) is 16.5. The van der Waals surface area contributed by atoms with Gasteiger partial charge in [0, 0.05) is 15.6 Å². The first kappa shape index (κ1) is 18.3. The van der Waals surface area contributed by atoms with E-state index >= 15 is 0 Å². The van der Waals surface area contributed by atoms with Crippen molar-refractivity contribution in [2.45, 2.75) is 58.8 Å². The third-order valence-corrected chi connectivity index (χ3v) is 4.66. The molecule has 23 heavy (non-hydrogen) atoms. The molecule has 0 saturated carbocycles. The molecule has 0 radical (unpaired) electrons. The van der Waals surface area contributed by atoms with E-state index in [2.05, 4.69) is 53.7 Å². The molecule has 0 aliphatic carbocycles. The lowest BCUT2D eigenvalue weighted by Gasteiger charge is -2.06. The summed E-state index contributed by atoms with van der Waals surface area (Å²) in [4.78, 5) is 0. The SMILES string of the molecule is CCc1noc(CC)c1CCCCCCOc1cccc(I)c1. The topological polar surface area (TPSA) is 35.3 Å². The minimum absolute atomic E-state index is 0.799. The number of benzene rings is 1. The first-order valence-electron chi connectivity index (χ1n) is 8.59. The Balaban J connectivity index is 1.62. The molecule has 1 aromatic carbocycles. The molecule has 2 rings (SSSR count). The summed E-state index contributed by atoms with van der Waals surface area (Å²) < 4.78 is 12.4. The number of ether oxygens (including phenoxy) is 1. The van der Waals surface area contributed by atoms with Gasteiger partial charge in [-0.05, 0) is 66.5 Å². The average Bonchev–Trinajstić information content (AvgIpc) is 2.96. The van der Waals surface area contributed by atoms with Gasteiger partial charge in [0.25, 0.3) is 0 Å². The van der Waals surface area contributed by atoms with Crippen LogP contribution in [0, 0.1) is 3.57 Å². The first-order valence-corrected chi connectivity index (χ1v) is 9.67. The second-order valence-corrected chi connectivity index (χ2v) is 6.95. The van der Waals surface area contributed by atoms with E-state index in [1.165, 1.54) is 28.4 Å². The van der Waals surface area contributed by atoms with Crippen molar-refractivity contribution in [1.82, 2.24) is 5.16 Å². The molecular formula is C19H26INO2. The van der Waals surface area contributed by atoms with Gasteiger partial charge in [0.2, 0.25) is 0 Å². The van der Waals surface area contributed by atoms with Crippen LogP contribution in [0.25, 0.3) is 0 Å². The van der Waals surface area contributed by atoms with E-state index in [4.69, 9.17) is 9.26 Å². The van der Waals surface area contributed by atoms with Crippen molar-refractivity contribution in [3.63, 3.8) is 0 Å². The molecule has 4 heteroatoms. The summed E-state index contributed by atoms with van der Waals surface area (Å²) in [6.45, 7) is 5.07. The maximum atomic E-state index is 5.78. The Hall–Kier alpha value is -1.04. The van der Waals surface area contributed by atoms with Gasteiger partial charge in [-0.15, -0.1) is 0 Å². The number of nitrogens with zero attached hydrogens (tertiary/aromatic N) is 1. The molecule has 3 nitrogen and oxygen atoms in total. The number of rotatable bonds is 10. The van der Waals surface area contributed by atoms with Crippen LogP contribution in [0.4, 0.5) is 0 Å². The van der Waals surface area contributed by atoms with Crippen molar-refractivity contribution < 1.29 is 9.26 Å². The molecule has 126 valence electrons. The Morgan fingerprint density at radius 2 is 1.91 bits per heavy atom. The van der Waals surface area contributed by atoms with Crippen LogP contribution in [-0.4, -0.2) is 11.8 Å². The van der Waals surface area contributed by atoms with Crippen LogP contribution in [0.1, 0.15) is 56.5 Å². The molecule has 2 aromatic rings. The maximum Gasteiger partial charge on any atom is 0.139 e. The number of hydrogen-bond donors (Lipinski definition) is 0. The third kappa shape index (κ3) is 5.83. The lowest BCUT2D eigenvalue weighted by atomic mass is 10.0. The van der Waals surface area contributed by atoms with Crippen LogP contribution < -0.4 is 4.74 Å². The molecular weight excluding hydrogens is 401 g/mol. The molecule has 1 aromatic heterocycles. The fourth-order valence-electron chi connectivity index (χ4n) is 2.73. The molecule has 1 heterocycles. The standard InChI is InChI=1S/C19H26INO2/c1-3-18-17(19(4-2)23-21-18)12-7-5-6-8-13-22-16-11-9-10-15(20)14-16/h9-11,14H,3-8,12-13H2,1-2H3. The van der Waals surface area contributed by atoms with Gasteiger partial charge in [-0.3, -0.25) is 0 Å². The highest BCUT2D eigenvalue weighted by Crippen LogP contribution is 2.19. The molecule has 0 amide bonds. The van der Waals surface area contributed by atoms with E-state index in [0.717, 1.165) is 49.5 Å². The van der Waals surface area contributed by atoms with Crippen molar-refractivity contribution >= 4 is 22.6 Å². The molecule has 0 saturated heterocycles. The number of unbranched alkanes of at least 4 members (excludes halogenated alkanes) is 3. The van der Waals surface area contributed by atoms with E-state index in [1.807, 2.05) is 12.1 Å². The van der Waals surface area contributed by atoms with Gasteiger partial charge in [-0.25, -0.2) is 0 Å². The summed E-state index contributed by atoms with van der Waals surface area (Å²) in [6.07, 6.45) is 7.73. The first-order chi connectivity index (χ1) is 11.2. The van der Waals surface area contributed by atoms with Crippen molar-refractivity contribution in [3.05, 3.63) is 44.9 Å². The van der Waals surface area contributed by atoms with Gasteiger partial charge in [-0.1, -0.05) is 37.9 Å². The van der Waals surface area contributed by atoms with Gasteiger partial charge in [0.15, 0.2) is 0 Å². The molecule has 0 unspecified atom stereocenters. The summed E-state index contributed by atoms with van der Waals surface area (Å²) >= 11 is 2.31. The second-order valence-electron chi connectivity index (χ2n) is 5.71. The van der Waals surface area contributed by atoms with Crippen molar-refractivity contribution in [2.24, 2.45) is 0 Å². The van der Waals surface area contributed by atoms with Crippen LogP contribution in [0.15, 0.2) is 28.8 Å². The Morgan fingerprint density at radius 3 is 2.65 bits per heavy atom. The highest BCUT2D eigenvalue weighted by atomic mass is 127. The molecule has 0 spiro atoms. The number of aromatic nitrogens is 1. The van der Waals surface area contributed by atoms with E-state index < -0.39 is 0 Å². The quantitative estimate of drug-likeness (QED) is 0.367. The third-order valence-electron chi connectivity index (χ3n) is 3.99. The number of hydrogen-bond acceptors (Lipinski definition) is 3.